The Morgan fingerprint density at radius 1 is 1.16 bits per heavy atom. The molecule has 4 rings (SSSR count). The lowest BCUT2D eigenvalue weighted by atomic mass is 10.2. The van der Waals surface area contributed by atoms with E-state index in [9.17, 15) is 0 Å². The molecule has 130 valence electrons. The normalized spacial score (nSPS) is 15.6. The first-order chi connectivity index (χ1) is 12.2. The van der Waals surface area contributed by atoms with Gasteiger partial charge in [-0.2, -0.15) is 4.68 Å². The van der Waals surface area contributed by atoms with E-state index in [4.69, 9.17) is 32.7 Å². The summed E-state index contributed by atoms with van der Waals surface area (Å²) in [4.78, 5) is 4.09. The molecule has 25 heavy (non-hydrogen) atoms. The zero-order valence-electron chi connectivity index (χ0n) is 13.5. The number of anilines is 1. The van der Waals surface area contributed by atoms with E-state index in [1.54, 1.807) is 23.1 Å². The van der Waals surface area contributed by atoms with Crippen molar-refractivity contribution in [1.82, 2.24) is 9.78 Å². The van der Waals surface area contributed by atoms with E-state index in [1.165, 1.54) is 4.90 Å². The molecular formula is C17H18ClN4O2S+. The Morgan fingerprint density at radius 2 is 1.96 bits per heavy atom. The van der Waals surface area contributed by atoms with Crippen LogP contribution >= 0.6 is 23.8 Å². The molecule has 0 radical (unpaired) electrons. The Morgan fingerprint density at radius 3 is 2.68 bits per heavy atom. The Labute approximate surface area is 155 Å². The summed E-state index contributed by atoms with van der Waals surface area (Å²) < 4.78 is 12.6. The van der Waals surface area contributed by atoms with Crippen LogP contribution in [0.15, 0.2) is 51.5 Å². The number of nitrogens with one attached hydrogen (secondary N) is 1. The maximum absolute atomic E-state index is 6.30. The number of piperazine rings is 1. The summed E-state index contributed by atoms with van der Waals surface area (Å²) in [5.41, 5.74) is 1.10. The molecule has 1 aromatic carbocycles. The standard InChI is InChI=1S/C17H17ClN4O2S/c18-13-4-1-2-5-14(13)21-9-7-20(8-10-21)12-22-17(25)24-16(19-22)15-6-3-11-23-15/h1-6,11H,7-10,12H2/p+1. The van der Waals surface area contributed by atoms with Crippen molar-refractivity contribution < 1.29 is 13.7 Å². The lowest BCUT2D eigenvalue weighted by Crippen LogP contribution is -3.14. The molecule has 0 aliphatic carbocycles. The van der Waals surface area contributed by atoms with Crippen LogP contribution in [0.4, 0.5) is 5.69 Å². The van der Waals surface area contributed by atoms with Gasteiger partial charge in [-0.25, -0.2) is 0 Å². The molecule has 0 saturated carbocycles. The molecule has 0 atom stereocenters. The van der Waals surface area contributed by atoms with Gasteiger partial charge in [0.15, 0.2) is 12.4 Å². The second kappa shape index (κ2) is 7.03. The molecule has 8 heteroatoms. The fourth-order valence-electron chi connectivity index (χ4n) is 3.05. The van der Waals surface area contributed by atoms with Gasteiger partial charge in [-0.15, -0.1) is 5.10 Å². The maximum atomic E-state index is 6.30. The largest absolute Gasteiger partial charge is 0.459 e. The quantitative estimate of drug-likeness (QED) is 0.708. The molecule has 0 bridgehead atoms. The van der Waals surface area contributed by atoms with Crippen LogP contribution in [-0.4, -0.2) is 36.0 Å². The molecule has 1 aliphatic heterocycles. The number of furan rings is 1. The zero-order valence-corrected chi connectivity index (χ0v) is 15.1. The van der Waals surface area contributed by atoms with Crippen molar-refractivity contribution in [2.24, 2.45) is 0 Å². The highest BCUT2D eigenvalue weighted by molar-refractivity contribution is 7.71. The summed E-state index contributed by atoms with van der Waals surface area (Å²) >= 11 is 11.6. The van der Waals surface area contributed by atoms with Gasteiger partial charge in [-0.3, -0.25) is 0 Å². The Kier molecular flexibility index (Phi) is 4.61. The van der Waals surface area contributed by atoms with Gasteiger partial charge in [0.05, 0.1) is 43.2 Å². The summed E-state index contributed by atoms with van der Waals surface area (Å²) in [6, 6.07) is 11.6. The summed E-state index contributed by atoms with van der Waals surface area (Å²) in [5.74, 6) is 1.01. The van der Waals surface area contributed by atoms with Gasteiger partial charge in [-0.1, -0.05) is 23.7 Å². The van der Waals surface area contributed by atoms with E-state index >= 15 is 0 Å². The second-order valence-electron chi connectivity index (χ2n) is 6.00. The third kappa shape index (κ3) is 3.49. The molecule has 2 aromatic heterocycles. The van der Waals surface area contributed by atoms with Gasteiger partial charge in [0.25, 0.3) is 10.7 Å². The fourth-order valence-corrected chi connectivity index (χ4v) is 3.49. The topological polar surface area (TPSA) is 51.8 Å². The predicted molar refractivity (Wildman–Crippen MR) is 97.4 cm³/mol. The number of rotatable bonds is 4. The smallest absolute Gasteiger partial charge is 0.292 e. The summed E-state index contributed by atoms with van der Waals surface area (Å²) in [6.07, 6.45) is 1.59. The first kappa shape index (κ1) is 16.4. The van der Waals surface area contributed by atoms with Crippen LogP contribution in [0, 0.1) is 4.84 Å². The van der Waals surface area contributed by atoms with Crippen LogP contribution in [-0.2, 0) is 6.67 Å². The van der Waals surface area contributed by atoms with E-state index in [0.717, 1.165) is 36.9 Å². The van der Waals surface area contributed by atoms with Gasteiger partial charge in [0, 0.05) is 0 Å². The SMILES string of the molecule is S=c1oc(-c2ccco2)nn1C[NH+]1CCN(c2ccccc2Cl)CC1. The van der Waals surface area contributed by atoms with E-state index in [2.05, 4.69) is 16.1 Å². The van der Waals surface area contributed by atoms with Gasteiger partial charge >= 0.3 is 0 Å². The van der Waals surface area contributed by atoms with Gasteiger partial charge in [-0.05, 0) is 36.5 Å². The predicted octanol–water partition coefficient (Wildman–Crippen LogP) is 2.48. The number of benzene rings is 1. The molecule has 3 aromatic rings. The van der Waals surface area contributed by atoms with Crippen molar-refractivity contribution in [3.05, 3.63) is 52.5 Å². The molecule has 1 saturated heterocycles. The van der Waals surface area contributed by atoms with Gasteiger partial charge in [0.2, 0.25) is 0 Å². The number of para-hydroxylation sites is 1. The van der Waals surface area contributed by atoms with Crippen molar-refractivity contribution in [2.45, 2.75) is 6.67 Å². The van der Waals surface area contributed by atoms with E-state index < -0.39 is 0 Å². The number of halogens is 1. The number of quaternary nitrogens is 1. The first-order valence-electron chi connectivity index (χ1n) is 8.15. The average molecular weight is 378 g/mol. The molecule has 0 spiro atoms. The lowest BCUT2D eigenvalue weighted by molar-refractivity contribution is -0.924. The number of hydrogen-bond donors (Lipinski definition) is 1. The molecule has 1 N–H and O–H groups in total. The number of nitrogens with zero attached hydrogens (tertiary/aromatic N) is 3. The van der Waals surface area contributed by atoms with Gasteiger partial charge < -0.3 is 18.6 Å². The minimum atomic E-state index is 0.368. The second-order valence-corrected chi connectivity index (χ2v) is 6.75. The molecule has 0 unspecified atom stereocenters. The molecule has 1 fully saturated rings. The van der Waals surface area contributed by atoms with E-state index in [1.807, 2.05) is 18.2 Å². The molecule has 0 amide bonds. The van der Waals surface area contributed by atoms with Crippen molar-refractivity contribution in [3.63, 3.8) is 0 Å². The number of aromatic nitrogens is 2. The minimum absolute atomic E-state index is 0.368. The van der Waals surface area contributed by atoms with Crippen molar-refractivity contribution in [2.75, 3.05) is 31.1 Å². The highest BCUT2D eigenvalue weighted by Gasteiger charge is 2.23. The molecule has 6 nitrogen and oxygen atoms in total. The Hall–Kier alpha value is -2.09. The summed E-state index contributed by atoms with van der Waals surface area (Å²) in [5, 5.41) is 5.23. The third-order valence-electron chi connectivity index (χ3n) is 4.38. The Bertz CT molecular complexity index is 898. The lowest BCUT2D eigenvalue weighted by Gasteiger charge is -2.33. The molecule has 1 aliphatic rings. The zero-order chi connectivity index (χ0) is 17.2. The fraction of sp³-hybridized carbons (Fsp3) is 0.294. The number of hydrogen-bond acceptors (Lipinski definition) is 5. The minimum Gasteiger partial charge on any atom is -0.459 e. The molecule has 3 heterocycles. The highest BCUT2D eigenvalue weighted by atomic mass is 35.5. The van der Waals surface area contributed by atoms with E-state index in [0.29, 0.717) is 23.2 Å². The van der Waals surface area contributed by atoms with Crippen LogP contribution in [0.25, 0.3) is 11.7 Å². The average Bonchev–Trinajstić information content (AvgIpc) is 3.27. The highest BCUT2D eigenvalue weighted by Crippen LogP contribution is 2.24. The van der Waals surface area contributed by atoms with Crippen molar-refractivity contribution in [3.8, 4) is 11.7 Å². The third-order valence-corrected chi connectivity index (χ3v) is 4.99. The maximum Gasteiger partial charge on any atom is 0.292 e. The first-order valence-corrected chi connectivity index (χ1v) is 8.94. The van der Waals surface area contributed by atoms with Crippen LogP contribution in [0.1, 0.15) is 0 Å². The van der Waals surface area contributed by atoms with Crippen LogP contribution in [0.2, 0.25) is 5.02 Å². The Balaban J connectivity index is 1.41. The monoisotopic (exact) mass is 377 g/mol. The van der Waals surface area contributed by atoms with Gasteiger partial charge in [0.1, 0.15) is 0 Å². The van der Waals surface area contributed by atoms with Crippen LogP contribution < -0.4 is 9.80 Å². The van der Waals surface area contributed by atoms with Crippen LogP contribution in [0.3, 0.4) is 0 Å². The van der Waals surface area contributed by atoms with E-state index in [-0.39, 0.29) is 0 Å². The molecular weight excluding hydrogens is 360 g/mol. The summed E-state index contributed by atoms with van der Waals surface area (Å²) in [6.45, 7) is 4.52. The van der Waals surface area contributed by atoms with Crippen LogP contribution in [0.5, 0.6) is 0 Å². The van der Waals surface area contributed by atoms with Crippen molar-refractivity contribution in [1.29, 1.82) is 0 Å². The summed E-state index contributed by atoms with van der Waals surface area (Å²) in [7, 11) is 0. The van der Waals surface area contributed by atoms with Crippen molar-refractivity contribution >= 4 is 29.5 Å².